The molecule has 0 atom stereocenters. The second-order valence-electron chi connectivity index (χ2n) is 4.94. The summed E-state index contributed by atoms with van der Waals surface area (Å²) in [6.45, 7) is 2.09. The highest BCUT2D eigenvalue weighted by Crippen LogP contribution is 2.35. The van der Waals surface area contributed by atoms with Gasteiger partial charge in [-0.2, -0.15) is 0 Å². The second-order valence-corrected chi connectivity index (χ2v) is 6.08. The monoisotopic (exact) mass is 256 g/mol. The number of Topliss-reactive ketones (excluding diaryl/α,β-unsaturated/α-hetero) is 1. The largest absolute Gasteiger partial charge is 0.294 e. The van der Waals surface area contributed by atoms with E-state index in [0.717, 1.165) is 31.2 Å². The number of ketones is 1. The number of carbonyl (C=O) groups is 1. The molecular formula is C16H16OS. The number of benzene rings is 1. The quantitative estimate of drug-likeness (QED) is 0.680. The lowest BCUT2D eigenvalue weighted by atomic mass is 10.1. The Hall–Kier alpha value is -1.41. The van der Waals surface area contributed by atoms with Gasteiger partial charge in [0.1, 0.15) is 0 Å². The number of rotatable bonds is 1. The molecule has 0 unspecified atom stereocenters. The van der Waals surface area contributed by atoms with Gasteiger partial charge in [0.2, 0.25) is 0 Å². The molecule has 0 bridgehead atoms. The summed E-state index contributed by atoms with van der Waals surface area (Å²) in [5.74, 6) is 0.331. The maximum atomic E-state index is 12.0. The van der Waals surface area contributed by atoms with Gasteiger partial charge in [-0.1, -0.05) is 29.8 Å². The Morgan fingerprint density at radius 3 is 2.56 bits per heavy atom. The molecule has 0 saturated heterocycles. The molecular weight excluding hydrogens is 240 g/mol. The molecule has 0 amide bonds. The minimum absolute atomic E-state index is 0.331. The van der Waals surface area contributed by atoms with E-state index in [4.69, 9.17) is 0 Å². The zero-order valence-electron chi connectivity index (χ0n) is 10.5. The molecule has 0 spiro atoms. The van der Waals surface area contributed by atoms with Crippen LogP contribution in [0.3, 0.4) is 0 Å². The van der Waals surface area contributed by atoms with Gasteiger partial charge in [0, 0.05) is 21.7 Å². The second kappa shape index (κ2) is 4.69. The fourth-order valence-electron chi connectivity index (χ4n) is 2.42. The highest BCUT2D eigenvalue weighted by atomic mass is 32.1. The summed E-state index contributed by atoms with van der Waals surface area (Å²) < 4.78 is 0. The molecule has 1 aromatic carbocycles. The minimum Gasteiger partial charge on any atom is -0.294 e. The van der Waals surface area contributed by atoms with Crippen LogP contribution in [0.25, 0.3) is 10.4 Å². The molecule has 1 nitrogen and oxygen atoms in total. The van der Waals surface area contributed by atoms with Crippen LogP contribution in [0.5, 0.6) is 0 Å². The lowest BCUT2D eigenvalue weighted by molar-refractivity contribution is 0.0982. The number of aryl methyl sites for hydroxylation is 2. The number of fused-ring (bicyclic) bond motifs is 1. The van der Waals surface area contributed by atoms with Crippen LogP contribution in [0.1, 0.15) is 40.1 Å². The van der Waals surface area contributed by atoms with Crippen molar-refractivity contribution >= 4 is 17.1 Å². The van der Waals surface area contributed by atoms with Crippen molar-refractivity contribution in [2.75, 3.05) is 0 Å². The van der Waals surface area contributed by atoms with E-state index in [1.807, 2.05) is 0 Å². The van der Waals surface area contributed by atoms with Gasteiger partial charge >= 0.3 is 0 Å². The molecule has 0 aliphatic heterocycles. The fraction of sp³-hybridized carbons (Fsp3) is 0.312. The maximum Gasteiger partial charge on any atom is 0.164 e. The van der Waals surface area contributed by atoms with Gasteiger partial charge < -0.3 is 0 Å². The van der Waals surface area contributed by atoms with Gasteiger partial charge in [-0.3, -0.25) is 4.79 Å². The molecule has 3 rings (SSSR count). The highest BCUT2D eigenvalue weighted by Gasteiger charge is 2.19. The van der Waals surface area contributed by atoms with Gasteiger partial charge in [-0.25, -0.2) is 0 Å². The SMILES string of the molecule is Cc1ccc(-c2cc3c(s2)CCCCC3=O)cc1. The van der Waals surface area contributed by atoms with Crippen molar-refractivity contribution < 1.29 is 4.79 Å². The number of carbonyl (C=O) groups excluding carboxylic acids is 1. The van der Waals surface area contributed by atoms with Gasteiger partial charge in [0.25, 0.3) is 0 Å². The Kier molecular flexibility index (Phi) is 3.04. The molecule has 2 aromatic rings. The molecule has 1 aromatic heterocycles. The van der Waals surface area contributed by atoms with Crippen molar-refractivity contribution in [2.24, 2.45) is 0 Å². The van der Waals surface area contributed by atoms with Crippen LogP contribution in [0.2, 0.25) is 0 Å². The molecule has 1 aliphatic carbocycles. The van der Waals surface area contributed by atoms with Crippen molar-refractivity contribution in [3.05, 3.63) is 46.3 Å². The normalized spacial score (nSPS) is 15.3. The van der Waals surface area contributed by atoms with Crippen LogP contribution in [-0.4, -0.2) is 5.78 Å². The van der Waals surface area contributed by atoms with E-state index in [1.165, 1.54) is 20.9 Å². The van der Waals surface area contributed by atoms with Gasteiger partial charge in [0.15, 0.2) is 5.78 Å². The Morgan fingerprint density at radius 2 is 1.78 bits per heavy atom. The molecule has 0 saturated carbocycles. The summed E-state index contributed by atoms with van der Waals surface area (Å²) in [5, 5.41) is 0. The van der Waals surface area contributed by atoms with E-state index < -0.39 is 0 Å². The van der Waals surface area contributed by atoms with Crippen LogP contribution in [0, 0.1) is 6.92 Å². The first-order chi connectivity index (χ1) is 8.74. The van der Waals surface area contributed by atoms with E-state index in [1.54, 1.807) is 11.3 Å². The average Bonchev–Trinajstić information content (AvgIpc) is 2.72. The summed E-state index contributed by atoms with van der Waals surface area (Å²) >= 11 is 1.79. The van der Waals surface area contributed by atoms with Gasteiger partial charge in [-0.05, 0) is 37.8 Å². The standard InChI is InChI=1S/C16H16OS/c1-11-6-8-12(9-7-11)16-10-13-14(17)4-2-3-5-15(13)18-16/h6-10H,2-5H2,1H3. The van der Waals surface area contributed by atoms with Crippen LogP contribution in [0.15, 0.2) is 30.3 Å². The fourth-order valence-corrected chi connectivity index (χ4v) is 3.64. The Bertz CT molecular complexity index is 578. The van der Waals surface area contributed by atoms with E-state index >= 15 is 0 Å². The summed E-state index contributed by atoms with van der Waals surface area (Å²) in [4.78, 5) is 14.5. The molecule has 2 heteroatoms. The first kappa shape index (κ1) is 11.7. The lowest BCUT2D eigenvalue weighted by Gasteiger charge is -1.98. The molecule has 0 radical (unpaired) electrons. The molecule has 0 N–H and O–H groups in total. The Balaban J connectivity index is 2.02. The predicted octanol–water partition coefficient (Wildman–Crippen LogP) is 4.63. The first-order valence-electron chi connectivity index (χ1n) is 6.47. The zero-order valence-corrected chi connectivity index (χ0v) is 11.3. The third kappa shape index (κ3) is 2.13. The number of hydrogen-bond acceptors (Lipinski definition) is 2. The lowest BCUT2D eigenvalue weighted by Crippen LogP contribution is -1.95. The summed E-state index contributed by atoms with van der Waals surface area (Å²) in [6, 6.07) is 10.6. The van der Waals surface area contributed by atoms with Gasteiger partial charge in [-0.15, -0.1) is 11.3 Å². The first-order valence-corrected chi connectivity index (χ1v) is 7.28. The van der Waals surface area contributed by atoms with Crippen LogP contribution in [0.4, 0.5) is 0 Å². The van der Waals surface area contributed by atoms with E-state index in [-0.39, 0.29) is 0 Å². The van der Waals surface area contributed by atoms with E-state index in [0.29, 0.717) is 5.78 Å². The Morgan fingerprint density at radius 1 is 1.06 bits per heavy atom. The Labute approximate surface area is 111 Å². The smallest absolute Gasteiger partial charge is 0.164 e. The third-order valence-electron chi connectivity index (χ3n) is 3.50. The van der Waals surface area contributed by atoms with Gasteiger partial charge in [0.05, 0.1) is 0 Å². The molecule has 1 aliphatic rings. The molecule has 1 heterocycles. The van der Waals surface area contributed by atoms with Crippen molar-refractivity contribution in [3.63, 3.8) is 0 Å². The third-order valence-corrected chi connectivity index (χ3v) is 4.75. The highest BCUT2D eigenvalue weighted by molar-refractivity contribution is 7.15. The maximum absolute atomic E-state index is 12.0. The molecule has 92 valence electrons. The zero-order chi connectivity index (χ0) is 12.5. The average molecular weight is 256 g/mol. The molecule has 18 heavy (non-hydrogen) atoms. The molecule has 0 fully saturated rings. The van der Waals surface area contributed by atoms with Crippen molar-refractivity contribution in [3.8, 4) is 10.4 Å². The predicted molar refractivity (Wildman–Crippen MR) is 76.4 cm³/mol. The number of thiophene rings is 1. The summed E-state index contributed by atoms with van der Waals surface area (Å²) in [7, 11) is 0. The minimum atomic E-state index is 0.331. The topological polar surface area (TPSA) is 17.1 Å². The van der Waals surface area contributed by atoms with Crippen molar-refractivity contribution in [1.29, 1.82) is 0 Å². The van der Waals surface area contributed by atoms with Crippen LogP contribution in [-0.2, 0) is 6.42 Å². The summed E-state index contributed by atoms with van der Waals surface area (Å²) in [5.41, 5.74) is 3.48. The van der Waals surface area contributed by atoms with E-state index in [2.05, 4.69) is 37.3 Å². The van der Waals surface area contributed by atoms with Crippen molar-refractivity contribution in [2.45, 2.75) is 32.6 Å². The number of hydrogen-bond donors (Lipinski definition) is 0. The van der Waals surface area contributed by atoms with Crippen LogP contribution >= 0.6 is 11.3 Å². The van der Waals surface area contributed by atoms with Crippen molar-refractivity contribution in [1.82, 2.24) is 0 Å². The summed E-state index contributed by atoms with van der Waals surface area (Å²) in [6.07, 6.45) is 3.97. The van der Waals surface area contributed by atoms with Crippen LogP contribution < -0.4 is 0 Å². The van der Waals surface area contributed by atoms with E-state index in [9.17, 15) is 4.79 Å².